The Bertz CT molecular complexity index is 1800. The number of unbranched alkanes of at least 4 members (excludes halogenated alkanes) is 1. The maximum atomic E-state index is 12.2. The fourth-order valence-electron chi connectivity index (χ4n) is 5.44. The first kappa shape index (κ1) is 37.8. The van der Waals surface area contributed by atoms with Crippen molar-refractivity contribution in [2.24, 2.45) is 5.92 Å². The highest BCUT2D eigenvalue weighted by Crippen LogP contribution is 2.31. The molecule has 10 nitrogen and oxygen atoms in total. The molecule has 3 N–H and O–H groups in total. The number of aliphatic carboxylic acids is 1. The third kappa shape index (κ3) is 11.8. The molecule has 2 atom stereocenters. The third-order valence-electron chi connectivity index (χ3n) is 8.38. The van der Waals surface area contributed by atoms with E-state index in [0.717, 1.165) is 28.6 Å². The fraction of sp³-hybridized carbons (Fsp3) is 0.333. The number of nitrogens with one attached hydrogen (secondary N) is 2. The van der Waals surface area contributed by atoms with Gasteiger partial charge in [0.05, 0.1) is 18.6 Å². The molecule has 0 heterocycles. The lowest BCUT2D eigenvalue weighted by Gasteiger charge is -2.28. The predicted octanol–water partition coefficient (Wildman–Crippen LogP) is 7.53. The molecule has 0 radical (unpaired) electrons. The maximum absolute atomic E-state index is 12.2. The summed E-state index contributed by atoms with van der Waals surface area (Å²) in [4.78, 5) is 25.9. The lowest BCUT2D eigenvalue weighted by molar-refractivity contribution is -0.143. The van der Waals surface area contributed by atoms with Crippen LogP contribution in [0.3, 0.4) is 0 Å². The Morgan fingerprint density at radius 3 is 2.02 bits per heavy atom. The summed E-state index contributed by atoms with van der Waals surface area (Å²) in [6, 6.07) is 30.1. The molecule has 0 aliphatic carbocycles. The highest BCUT2D eigenvalue weighted by molar-refractivity contribution is 7.92. The number of amides is 1. The van der Waals surface area contributed by atoms with Crippen LogP contribution in [0.5, 0.6) is 17.2 Å². The summed E-state index contributed by atoms with van der Waals surface area (Å²) < 4.78 is 38.5. The summed E-state index contributed by atoms with van der Waals surface area (Å²) >= 11 is 0. The van der Waals surface area contributed by atoms with Gasteiger partial charge in [0.25, 0.3) is 0 Å². The van der Waals surface area contributed by atoms with Crippen molar-refractivity contribution in [3.8, 4) is 17.2 Å². The van der Waals surface area contributed by atoms with E-state index >= 15 is 0 Å². The molecule has 50 heavy (non-hydrogen) atoms. The summed E-state index contributed by atoms with van der Waals surface area (Å²) in [5, 5.41) is 12.0. The number of nitrogens with zero attached hydrogens (tertiary/aromatic N) is 1. The molecule has 0 saturated carbocycles. The standard InChI is InChI=1S/C39H47N3O7S/c1-5-28(2)38(39(44)45)40-37(43)16-9-10-25-48-32-21-23-34(24-22-32)49-33-19-17-31(18-20-33)27-42(26-30-12-7-6-8-13-30)36-15-11-14-35(29(36)3)41-50(4,46)47/h6-8,11-15,17-24,28,38,41H,5,9-10,16,25-27H2,1-4H3,(H,40,43)(H,44,45)/t28?,38-/m0/s1. The summed E-state index contributed by atoms with van der Waals surface area (Å²) in [6.45, 7) is 7.30. The second-order valence-corrected chi connectivity index (χ2v) is 14.2. The minimum absolute atomic E-state index is 0.137. The molecule has 11 heteroatoms. The number of rotatable bonds is 19. The first-order chi connectivity index (χ1) is 23.9. The highest BCUT2D eigenvalue weighted by atomic mass is 32.2. The van der Waals surface area contributed by atoms with E-state index in [9.17, 15) is 23.1 Å². The van der Waals surface area contributed by atoms with Crippen molar-refractivity contribution in [1.29, 1.82) is 0 Å². The number of carboxylic acid groups (broad SMARTS) is 1. The van der Waals surface area contributed by atoms with Crippen LogP contribution in [-0.4, -0.2) is 44.3 Å². The van der Waals surface area contributed by atoms with E-state index in [1.807, 2.05) is 99.6 Å². The van der Waals surface area contributed by atoms with Crippen molar-refractivity contribution in [2.75, 3.05) is 22.5 Å². The van der Waals surface area contributed by atoms with Gasteiger partial charge >= 0.3 is 5.97 Å². The van der Waals surface area contributed by atoms with Crippen molar-refractivity contribution in [3.05, 3.63) is 114 Å². The summed E-state index contributed by atoms with van der Waals surface area (Å²) in [5.74, 6) is 0.618. The number of anilines is 2. The van der Waals surface area contributed by atoms with Gasteiger partial charge in [-0.1, -0.05) is 68.8 Å². The van der Waals surface area contributed by atoms with Gasteiger partial charge in [0.1, 0.15) is 23.3 Å². The minimum Gasteiger partial charge on any atom is -0.494 e. The Hall–Kier alpha value is -5.03. The zero-order chi connectivity index (χ0) is 36.1. The van der Waals surface area contributed by atoms with E-state index in [1.54, 1.807) is 6.07 Å². The number of hydrogen-bond donors (Lipinski definition) is 3. The number of carboxylic acids is 1. The van der Waals surface area contributed by atoms with Crippen LogP contribution in [0.1, 0.15) is 56.2 Å². The van der Waals surface area contributed by atoms with Crippen molar-refractivity contribution in [1.82, 2.24) is 5.32 Å². The van der Waals surface area contributed by atoms with E-state index in [0.29, 0.717) is 61.9 Å². The summed E-state index contributed by atoms with van der Waals surface area (Å²) in [5.41, 5.74) is 4.53. The number of carbonyl (C=O) groups excluding carboxylic acids is 1. The van der Waals surface area contributed by atoms with E-state index < -0.39 is 22.0 Å². The van der Waals surface area contributed by atoms with Gasteiger partial charge < -0.3 is 24.8 Å². The van der Waals surface area contributed by atoms with Gasteiger partial charge in [-0.3, -0.25) is 9.52 Å². The molecule has 0 spiro atoms. The van der Waals surface area contributed by atoms with Crippen LogP contribution in [0.15, 0.2) is 97.1 Å². The summed E-state index contributed by atoms with van der Waals surface area (Å²) in [6.07, 6.45) is 3.31. The molecule has 0 aliphatic rings. The van der Waals surface area contributed by atoms with E-state index in [1.165, 1.54) is 0 Å². The number of carbonyl (C=O) groups is 2. The molecule has 266 valence electrons. The Morgan fingerprint density at radius 1 is 0.820 bits per heavy atom. The van der Waals surface area contributed by atoms with Crippen molar-refractivity contribution >= 4 is 33.3 Å². The zero-order valence-corrected chi connectivity index (χ0v) is 29.9. The van der Waals surface area contributed by atoms with Gasteiger partial charge in [0.15, 0.2) is 0 Å². The van der Waals surface area contributed by atoms with Crippen LogP contribution in [0.25, 0.3) is 0 Å². The van der Waals surface area contributed by atoms with Crippen LogP contribution in [0, 0.1) is 12.8 Å². The molecule has 1 amide bonds. The quantitative estimate of drug-likeness (QED) is 0.0855. The average molecular weight is 702 g/mol. The SMILES string of the molecule is CCC(C)[C@H](NC(=O)CCCCOc1ccc(Oc2ccc(CN(Cc3ccccc3)c3cccc(NS(C)(=O)=O)c3C)cc2)cc1)C(=O)O. The second kappa shape index (κ2) is 18.1. The molecule has 4 rings (SSSR count). The lowest BCUT2D eigenvalue weighted by atomic mass is 9.99. The van der Waals surface area contributed by atoms with Crippen LogP contribution in [-0.2, 0) is 32.7 Å². The molecular formula is C39H47N3O7S. The van der Waals surface area contributed by atoms with Crippen LogP contribution >= 0.6 is 0 Å². The van der Waals surface area contributed by atoms with Gasteiger partial charge in [0, 0.05) is 25.2 Å². The Morgan fingerprint density at radius 2 is 1.42 bits per heavy atom. The van der Waals surface area contributed by atoms with Gasteiger partial charge in [-0.2, -0.15) is 0 Å². The zero-order valence-electron chi connectivity index (χ0n) is 29.1. The van der Waals surface area contributed by atoms with Gasteiger partial charge in [-0.05, 0) is 90.9 Å². The van der Waals surface area contributed by atoms with Crippen LogP contribution < -0.4 is 24.4 Å². The van der Waals surface area contributed by atoms with E-state index in [2.05, 4.69) is 27.1 Å². The number of benzene rings is 4. The Kier molecular flexibility index (Phi) is 13.7. The number of ether oxygens (including phenoxy) is 2. The predicted molar refractivity (Wildman–Crippen MR) is 197 cm³/mol. The molecule has 4 aromatic carbocycles. The Balaban J connectivity index is 1.30. The monoisotopic (exact) mass is 701 g/mol. The molecule has 0 saturated heterocycles. The lowest BCUT2D eigenvalue weighted by Crippen LogP contribution is -2.44. The molecular weight excluding hydrogens is 655 g/mol. The smallest absolute Gasteiger partial charge is 0.326 e. The summed E-state index contributed by atoms with van der Waals surface area (Å²) in [7, 11) is -3.43. The molecule has 0 fully saturated rings. The number of hydrogen-bond acceptors (Lipinski definition) is 7. The van der Waals surface area contributed by atoms with Gasteiger partial charge in [-0.25, -0.2) is 13.2 Å². The fourth-order valence-corrected chi connectivity index (χ4v) is 6.06. The topological polar surface area (TPSA) is 134 Å². The van der Waals surface area contributed by atoms with E-state index in [4.69, 9.17) is 9.47 Å². The van der Waals surface area contributed by atoms with Crippen molar-refractivity contribution in [3.63, 3.8) is 0 Å². The van der Waals surface area contributed by atoms with Crippen LogP contribution in [0.2, 0.25) is 0 Å². The molecule has 0 aromatic heterocycles. The normalized spacial score (nSPS) is 12.4. The van der Waals surface area contributed by atoms with E-state index in [-0.39, 0.29) is 18.2 Å². The Labute approximate surface area is 295 Å². The third-order valence-corrected chi connectivity index (χ3v) is 8.97. The maximum Gasteiger partial charge on any atom is 0.326 e. The second-order valence-electron chi connectivity index (χ2n) is 12.5. The van der Waals surface area contributed by atoms with Gasteiger partial charge in [0.2, 0.25) is 15.9 Å². The minimum atomic E-state index is -3.43. The van der Waals surface area contributed by atoms with Crippen molar-refractivity contribution < 1.29 is 32.6 Å². The first-order valence-electron chi connectivity index (χ1n) is 16.8. The molecule has 0 aliphatic heterocycles. The average Bonchev–Trinajstić information content (AvgIpc) is 3.08. The highest BCUT2D eigenvalue weighted by Gasteiger charge is 2.25. The molecule has 0 bridgehead atoms. The molecule has 4 aromatic rings. The largest absolute Gasteiger partial charge is 0.494 e. The van der Waals surface area contributed by atoms with Gasteiger partial charge in [-0.15, -0.1) is 0 Å². The first-order valence-corrected chi connectivity index (χ1v) is 18.7. The molecule has 1 unspecified atom stereocenters. The van der Waals surface area contributed by atoms with Crippen LogP contribution in [0.4, 0.5) is 11.4 Å². The van der Waals surface area contributed by atoms with Crippen molar-refractivity contribution in [2.45, 2.75) is 65.6 Å². The number of sulfonamides is 1.